The van der Waals surface area contributed by atoms with Crippen LogP contribution in [0.25, 0.3) is 0 Å². The van der Waals surface area contributed by atoms with E-state index in [1.54, 1.807) is 6.92 Å². The van der Waals surface area contributed by atoms with Crippen molar-refractivity contribution in [2.45, 2.75) is 33.1 Å². The van der Waals surface area contributed by atoms with Crippen molar-refractivity contribution in [1.29, 1.82) is 0 Å². The van der Waals surface area contributed by atoms with E-state index in [0.717, 1.165) is 6.42 Å². The number of carbonyl (C=O) groups is 2. The van der Waals surface area contributed by atoms with Gasteiger partial charge in [0.25, 0.3) is 0 Å². The summed E-state index contributed by atoms with van der Waals surface area (Å²) >= 11 is 0. The lowest BCUT2D eigenvalue weighted by atomic mass is 9.98. The van der Waals surface area contributed by atoms with Crippen LogP contribution in [0.2, 0.25) is 0 Å². The molecule has 0 amide bonds. The Morgan fingerprint density at radius 3 is 2.18 bits per heavy atom. The summed E-state index contributed by atoms with van der Waals surface area (Å²) in [5.74, 6) is -1.93. The van der Waals surface area contributed by atoms with Gasteiger partial charge < -0.3 is 5.11 Å². The van der Waals surface area contributed by atoms with Crippen molar-refractivity contribution in [3.05, 3.63) is 0 Å². The molecule has 0 heterocycles. The van der Waals surface area contributed by atoms with Crippen molar-refractivity contribution in [3.8, 4) is 0 Å². The smallest absolute Gasteiger partial charge is 0.314 e. The zero-order valence-corrected chi connectivity index (χ0v) is 6.96. The van der Waals surface area contributed by atoms with Gasteiger partial charge in [-0.05, 0) is 12.8 Å². The Bertz CT molecular complexity index is 151. The van der Waals surface area contributed by atoms with Gasteiger partial charge in [0.15, 0.2) is 0 Å². The van der Waals surface area contributed by atoms with Crippen LogP contribution >= 0.6 is 0 Å². The van der Waals surface area contributed by atoms with Gasteiger partial charge in [0.1, 0.15) is 11.7 Å². The van der Waals surface area contributed by atoms with Crippen LogP contribution in [-0.4, -0.2) is 16.9 Å². The molecular weight excluding hydrogens is 144 g/mol. The Morgan fingerprint density at radius 1 is 1.36 bits per heavy atom. The third kappa shape index (κ3) is 3.16. The van der Waals surface area contributed by atoms with E-state index in [1.165, 1.54) is 0 Å². The number of carboxylic acids is 1. The second-order valence-electron chi connectivity index (χ2n) is 2.52. The maximum absolute atomic E-state index is 11.0. The fourth-order valence-electron chi connectivity index (χ4n) is 0.961. The molecule has 0 fully saturated rings. The molecule has 0 aromatic carbocycles. The van der Waals surface area contributed by atoms with E-state index in [9.17, 15) is 9.59 Å². The molecule has 1 N–H and O–H groups in total. The van der Waals surface area contributed by atoms with Crippen molar-refractivity contribution in [1.82, 2.24) is 0 Å². The fraction of sp³-hybridized carbons (Fsp3) is 0.750. The first-order chi connectivity index (χ1) is 5.13. The van der Waals surface area contributed by atoms with Crippen molar-refractivity contribution < 1.29 is 14.7 Å². The number of ketones is 1. The lowest BCUT2D eigenvalue weighted by Gasteiger charge is -2.06. The molecule has 0 radical (unpaired) electrons. The molecule has 0 aromatic rings. The quantitative estimate of drug-likeness (QED) is 0.616. The number of carbonyl (C=O) groups excluding carboxylic acids is 1. The van der Waals surface area contributed by atoms with Gasteiger partial charge in [-0.2, -0.15) is 0 Å². The molecule has 1 atom stereocenters. The predicted molar refractivity (Wildman–Crippen MR) is 41.3 cm³/mol. The number of Topliss-reactive ketones (excluding diaryl/α,β-unsaturated/α-hetero) is 1. The zero-order chi connectivity index (χ0) is 8.85. The molecular formula is C8H14O3. The topological polar surface area (TPSA) is 54.4 Å². The minimum atomic E-state index is -0.994. The van der Waals surface area contributed by atoms with Gasteiger partial charge >= 0.3 is 5.97 Å². The van der Waals surface area contributed by atoms with Gasteiger partial charge in [-0.1, -0.05) is 13.8 Å². The van der Waals surface area contributed by atoms with Crippen molar-refractivity contribution in [3.63, 3.8) is 0 Å². The summed E-state index contributed by atoms with van der Waals surface area (Å²) in [6.45, 7) is 3.58. The molecule has 0 saturated carbocycles. The molecule has 11 heavy (non-hydrogen) atoms. The van der Waals surface area contributed by atoms with Gasteiger partial charge in [0.05, 0.1) is 0 Å². The summed E-state index contributed by atoms with van der Waals surface area (Å²) in [4.78, 5) is 21.5. The van der Waals surface area contributed by atoms with Gasteiger partial charge in [0.2, 0.25) is 0 Å². The van der Waals surface area contributed by atoms with E-state index >= 15 is 0 Å². The fourth-order valence-corrected chi connectivity index (χ4v) is 0.961. The van der Waals surface area contributed by atoms with E-state index in [1.807, 2.05) is 6.92 Å². The average molecular weight is 158 g/mol. The molecule has 0 aliphatic carbocycles. The molecule has 0 rings (SSSR count). The molecule has 3 nitrogen and oxygen atoms in total. The number of aliphatic carboxylic acids is 1. The molecule has 0 bridgehead atoms. The largest absolute Gasteiger partial charge is 0.481 e. The molecule has 64 valence electrons. The maximum Gasteiger partial charge on any atom is 0.314 e. The Kier molecular flexibility index (Phi) is 4.50. The summed E-state index contributed by atoms with van der Waals surface area (Å²) < 4.78 is 0. The van der Waals surface area contributed by atoms with Crippen LogP contribution in [0.5, 0.6) is 0 Å². The molecule has 0 aliphatic heterocycles. The number of rotatable bonds is 5. The van der Waals surface area contributed by atoms with Gasteiger partial charge in [-0.15, -0.1) is 0 Å². The second kappa shape index (κ2) is 4.88. The number of carboxylic acid groups (broad SMARTS) is 1. The van der Waals surface area contributed by atoms with Crippen LogP contribution < -0.4 is 0 Å². The van der Waals surface area contributed by atoms with Crippen molar-refractivity contribution in [2.75, 3.05) is 0 Å². The molecule has 0 spiro atoms. The SMILES string of the molecule is CCCC(=O)[C@@H](CC)C(=O)O. The summed E-state index contributed by atoms with van der Waals surface area (Å²) in [7, 11) is 0. The van der Waals surface area contributed by atoms with E-state index < -0.39 is 11.9 Å². The second-order valence-corrected chi connectivity index (χ2v) is 2.52. The average Bonchev–Trinajstić information content (AvgIpc) is 1.88. The standard InChI is InChI=1S/C8H14O3/c1-3-5-7(9)6(4-2)8(10)11/h6H,3-5H2,1-2H3,(H,10,11)/t6-/m1/s1. The normalized spacial score (nSPS) is 12.5. The minimum absolute atomic E-state index is 0.150. The highest BCUT2D eigenvalue weighted by atomic mass is 16.4. The van der Waals surface area contributed by atoms with Crippen molar-refractivity contribution >= 4 is 11.8 Å². The van der Waals surface area contributed by atoms with Crippen LogP contribution in [0.1, 0.15) is 33.1 Å². The third-order valence-corrected chi connectivity index (χ3v) is 1.59. The molecule has 0 aromatic heterocycles. The van der Waals surface area contributed by atoms with Crippen LogP contribution in [-0.2, 0) is 9.59 Å². The minimum Gasteiger partial charge on any atom is -0.481 e. The Labute approximate surface area is 66.4 Å². The zero-order valence-electron chi connectivity index (χ0n) is 6.96. The van der Waals surface area contributed by atoms with E-state index in [4.69, 9.17) is 5.11 Å². The monoisotopic (exact) mass is 158 g/mol. The summed E-state index contributed by atoms with van der Waals surface area (Å²) in [5, 5.41) is 8.55. The van der Waals surface area contributed by atoms with Crippen LogP contribution in [0.15, 0.2) is 0 Å². The van der Waals surface area contributed by atoms with E-state index in [0.29, 0.717) is 12.8 Å². The Hall–Kier alpha value is -0.860. The molecule has 0 saturated heterocycles. The molecule has 0 unspecified atom stereocenters. The van der Waals surface area contributed by atoms with Crippen LogP contribution in [0, 0.1) is 5.92 Å². The van der Waals surface area contributed by atoms with Gasteiger partial charge in [-0.3, -0.25) is 9.59 Å². The number of hydrogen-bond donors (Lipinski definition) is 1. The van der Waals surface area contributed by atoms with Crippen LogP contribution in [0.4, 0.5) is 0 Å². The van der Waals surface area contributed by atoms with Gasteiger partial charge in [-0.25, -0.2) is 0 Å². The first-order valence-electron chi connectivity index (χ1n) is 3.89. The maximum atomic E-state index is 11.0. The highest BCUT2D eigenvalue weighted by Gasteiger charge is 2.22. The Morgan fingerprint density at radius 2 is 1.91 bits per heavy atom. The highest BCUT2D eigenvalue weighted by molar-refractivity contribution is 5.98. The van der Waals surface area contributed by atoms with E-state index in [2.05, 4.69) is 0 Å². The van der Waals surface area contributed by atoms with E-state index in [-0.39, 0.29) is 5.78 Å². The first-order valence-corrected chi connectivity index (χ1v) is 3.89. The van der Waals surface area contributed by atoms with Gasteiger partial charge in [0, 0.05) is 6.42 Å². The summed E-state index contributed by atoms with van der Waals surface area (Å²) in [6, 6.07) is 0. The molecule has 3 heteroatoms. The van der Waals surface area contributed by atoms with Crippen LogP contribution in [0.3, 0.4) is 0 Å². The highest BCUT2D eigenvalue weighted by Crippen LogP contribution is 2.08. The predicted octanol–water partition coefficient (Wildman–Crippen LogP) is 1.47. The Balaban J connectivity index is 4.03. The van der Waals surface area contributed by atoms with Crippen molar-refractivity contribution in [2.24, 2.45) is 5.92 Å². The number of hydrogen-bond acceptors (Lipinski definition) is 2. The third-order valence-electron chi connectivity index (χ3n) is 1.59. The molecule has 0 aliphatic rings. The lowest BCUT2D eigenvalue weighted by molar-refractivity contribution is -0.146. The first kappa shape index (κ1) is 10.1. The summed E-state index contributed by atoms with van der Waals surface area (Å²) in [5.41, 5.74) is 0. The lowest BCUT2D eigenvalue weighted by Crippen LogP contribution is -2.22. The summed E-state index contributed by atoms with van der Waals surface area (Å²) in [6.07, 6.45) is 1.50.